The van der Waals surface area contributed by atoms with Gasteiger partial charge in [0.2, 0.25) is 0 Å². The highest BCUT2D eigenvalue weighted by Gasteiger charge is 2.19. The summed E-state index contributed by atoms with van der Waals surface area (Å²) in [6, 6.07) is 4.59. The molecule has 0 amide bonds. The van der Waals surface area contributed by atoms with Crippen molar-refractivity contribution in [2.45, 2.75) is 32.9 Å². The average molecular weight is 249 g/mol. The summed E-state index contributed by atoms with van der Waals surface area (Å²) in [4.78, 5) is 9.16. The van der Waals surface area contributed by atoms with Crippen molar-refractivity contribution in [1.82, 2.24) is 9.88 Å². The Morgan fingerprint density at radius 2 is 1.78 bits per heavy atom. The maximum absolute atomic E-state index is 9.44. The zero-order valence-electron chi connectivity index (χ0n) is 11.5. The second-order valence-electron chi connectivity index (χ2n) is 5.23. The summed E-state index contributed by atoms with van der Waals surface area (Å²) in [5.41, 5.74) is 1.89. The summed E-state index contributed by atoms with van der Waals surface area (Å²) in [6.07, 6.45) is 1.38. The van der Waals surface area contributed by atoms with Crippen LogP contribution in [0.2, 0.25) is 0 Å². The predicted octanol–water partition coefficient (Wildman–Crippen LogP) is 1.67. The Morgan fingerprint density at radius 1 is 1.11 bits per heavy atom. The normalized spacial score (nSPS) is 19.3. The Bertz CT molecular complexity index is 367. The third kappa shape index (κ3) is 3.00. The molecule has 0 radical (unpaired) electrons. The summed E-state index contributed by atoms with van der Waals surface area (Å²) in [5.74, 6) is 0. The fraction of sp³-hybridized carbons (Fsp3) is 0.643. The molecule has 0 aromatic carbocycles. The van der Waals surface area contributed by atoms with Gasteiger partial charge in [-0.25, -0.2) is 0 Å². The highest BCUT2D eigenvalue weighted by molar-refractivity contribution is 5.45. The molecule has 0 bridgehead atoms. The number of rotatable bonds is 3. The lowest BCUT2D eigenvalue weighted by atomic mass is 10.2. The molecule has 0 unspecified atom stereocenters. The van der Waals surface area contributed by atoms with Crippen LogP contribution in [-0.2, 0) is 0 Å². The zero-order valence-corrected chi connectivity index (χ0v) is 11.5. The first-order valence-electron chi connectivity index (χ1n) is 6.71. The molecule has 1 fully saturated rings. The van der Waals surface area contributed by atoms with Gasteiger partial charge in [-0.05, 0) is 32.9 Å². The van der Waals surface area contributed by atoms with E-state index in [0.29, 0.717) is 6.04 Å². The second kappa shape index (κ2) is 5.67. The molecule has 0 spiro atoms. The van der Waals surface area contributed by atoms with Crippen molar-refractivity contribution in [1.29, 1.82) is 0 Å². The van der Waals surface area contributed by atoms with Crippen LogP contribution in [0.4, 0.5) is 5.69 Å². The van der Waals surface area contributed by atoms with Gasteiger partial charge in [-0.15, -0.1) is 0 Å². The Kier molecular flexibility index (Phi) is 4.19. The van der Waals surface area contributed by atoms with E-state index in [4.69, 9.17) is 0 Å². The van der Waals surface area contributed by atoms with E-state index < -0.39 is 6.10 Å². The summed E-state index contributed by atoms with van der Waals surface area (Å²) in [5, 5.41) is 9.44. The molecule has 18 heavy (non-hydrogen) atoms. The van der Waals surface area contributed by atoms with Crippen LogP contribution < -0.4 is 4.90 Å². The highest BCUT2D eigenvalue weighted by Crippen LogP contribution is 2.18. The van der Waals surface area contributed by atoms with Crippen molar-refractivity contribution < 1.29 is 5.11 Å². The number of aliphatic hydroxyl groups is 1. The smallest absolute Gasteiger partial charge is 0.0931 e. The first kappa shape index (κ1) is 13.3. The van der Waals surface area contributed by atoms with Crippen LogP contribution >= 0.6 is 0 Å². The molecule has 4 heteroatoms. The molecule has 2 rings (SSSR count). The second-order valence-corrected chi connectivity index (χ2v) is 5.23. The maximum atomic E-state index is 9.44. The fourth-order valence-electron chi connectivity index (χ4n) is 2.33. The van der Waals surface area contributed by atoms with Gasteiger partial charge in [-0.1, -0.05) is 0 Å². The van der Waals surface area contributed by atoms with Crippen LogP contribution in [0, 0.1) is 0 Å². The molecule has 1 saturated heterocycles. The highest BCUT2D eigenvalue weighted by atomic mass is 16.3. The minimum atomic E-state index is -0.489. The molecule has 1 aliphatic heterocycles. The number of hydrogen-bond donors (Lipinski definition) is 1. The fourth-order valence-corrected chi connectivity index (χ4v) is 2.33. The molecule has 1 N–H and O–H groups in total. The topological polar surface area (TPSA) is 39.6 Å². The van der Waals surface area contributed by atoms with Crippen LogP contribution in [0.1, 0.15) is 32.6 Å². The van der Waals surface area contributed by atoms with E-state index in [0.717, 1.165) is 37.6 Å². The van der Waals surface area contributed by atoms with E-state index in [1.807, 2.05) is 12.3 Å². The van der Waals surface area contributed by atoms with E-state index in [2.05, 4.69) is 34.7 Å². The van der Waals surface area contributed by atoms with Crippen LogP contribution in [-0.4, -0.2) is 47.2 Å². The van der Waals surface area contributed by atoms with Gasteiger partial charge in [-0.2, -0.15) is 0 Å². The molecule has 0 aliphatic carbocycles. The first-order valence-corrected chi connectivity index (χ1v) is 6.71. The SMILES string of the molecule is CC(C)N1CCN(c2ccc([C@@H](C)O)nc2)CC1. The van der Waals surface area contributed by atoms with Crippen molar-refractivity contribution in [2.24, 2.45) is 0 Å². The Morgan fingerprint density at radius 3 is 2.22 bits per heavy atom. The average Bonchev–Trinajstić information content (AvgIpc) is 2.39. The van der Waals surface area contributed by atoms with Crippen LogP contribution in [0.3, 0.4) is 0 Å². The summed E-state index contributed by atoms with van der Waals surface area (Å²) < 4.78 is 0. The molecule has 1 aromatic rings. The number of anilines is 1. The first-order chi connectivity index (χ1) is 8.58. The van der Waals surface area contributed by atoms with Gasteiger partial charge in [0.15, 0.2) is 0 Å². The standard InChI is InChI=1S/C14H23N3O/c1-11(2)16-6-8-17(9-7-16)13-4-5-14(12(3)18)15-10-13/h4-5,10-12,18H,6-9H2,1-3H3/t12-/m1/s1. The van der Waals surface area contributed by atoms with Crippen molar-refractivity contribution >= 4 is 5.69 Å². The molecular weight excluding hydrogens is 226 g/mol. The Hall–Kier alpha value is -1.13. The third-order valence-corrected chi connectivity index (χ3v) is 3.61. The number of piperazine rings is 1. The number of aliphatic hydroxyl groups excluding tert-OH is 1. The number of pyridine rings is 1. The quantitative estimate of drug-likeness (QED) is 0.884. The van der Waals surface area contributed by atoms with E-state index in [1.54, 1.807) is 6.92 Å². The van der Waals surface area contributed by atoms with E-state index >= 15 is 0 Å². The monoisotopic (exact) mass is 249 g/mol. The lowest BCUT2D eigenvalue weighted by molar-refractivity contribution is 0.194. The lowest BCUT2D eigenvalue weighted by Crippen LogP contribution is -2.48. The number of hydrogen-bond acceptors (Lipinski definition) is 4. The van der Waals surface area contributed by atoms with E-state index in [9.17, 15) is 5.11 Å². The molecule has 1 atom stereocenters. The van der Waals surface area contributed by atoms with E-state index in [-0.39, 0.29) is 0 Å². The van der Waals surface area contributed by atoms with Crippen molar-refractivity contribution in [3.63, 3.8) is 0 Å². The minimum absolute atomic E-state index is 0.489. The predicted molar refractivity (Wildman–Crippen MR) is 73.8 cm³/mol. The number of aromatic nitrogens is 1. The summed E-state index contributed by atoms with van der Waals surface area (Å²) >= 11 is 0. The third-order valence-electron chi connectivity index (χ3n) is 3.61. The van der Waals surface area contributed by atoms with Crippen molar-refractivity contribution in [2.75, 3.05) is 31.1 Å². The minimum Gasteiger partial charge on any atom is -0.387 e. The van der Waals surface area contributed by atoms with Crippen LogP contribution in [0.15, 0.2) is 18.3 Å². The Balaban J connectivity index is 1.97. The van der Waals surface area contributed by atoms with Gasteiger partial charge in [-0.3, -0.25) is 9.88 Å². The lowest BCUT2D eigenvalue weighted by Gasteiger charge is -2.38. The van der Waals surface area contributed by atoms with Gasteiger partial charge in [0.25, 0.3) is 0 Å². The van der Waals surface area contributed by atoms with E-state index in [1.165, 1.54) is 0 Å². The molecule has 100 valence electrons. The van der Waals surface area contributed by atoms with Gasteiger partial charge in [0.1, 0.15) is 0 Å². The van der Waals surface area contributed by atoms with Gasteiger partial charge in [0.05, 0.1) is 23.7 Å². The maximum Gasteiger partial charge on any atom is 0.0931 e. The summed E-state index contributed by atoms with van der Waals surface area (Å²) in [7, 11) is 0. The molecule has 1 aromatic heterocycles. The van der Waals surface area contributed by atoms with Gasteiger partial charge in [0, 0.05) is 32.2 Å². The molecule has 0 saturated carbocycles. The largest absolute Gasteiger partial charge is 0.387 e. The van der Waals surface area contributed by atoms with Gasteiger partial charge < -0.3 is 10.0 Å². The van der Waals surface area contributed by atoms with Crippen LogP contribution in [0.25, 0.3) is 0 Å². The van der Waals surface area contributed by atoms with Crippen molar-refractivity contribution in [3.05, 3.63) is 24.0 Å². The number of nitrogens with zero attached hydrogens (tertiary/aromatic N) is 3. The zero-order chi connectivity index (χ0) is 13.1. The van der Waals surface area contributed by atoms with Crippen molar-refractivity contribution in [3.8, 4) is 0 Å². The molecule has 4 nitrogen and oxygen atoms in total. The summed E-state index contributed by atoms with van der Waals surface area (Å²) in [6.45, 7) is 10.5. The van der Waals surface area contributed by atoms with Crippen LogP contribution in [0.5, 0.6) is 0 Å². The molecular formula is C14H23N3O. The molecule has 2 heterocycles. The van der Waals surface area contributed by atoms with Gasteiger partial charge >= 0.3 is 0 Å². The Labute approximate surface area is 109 Å². The molecule has 1 aliphatic rings.